The van der Waals surface area contributed by atoms with E-state index in [1.54, 1.807) is 43.1 Å². The lowest BCUT2D eigenvalue weighted by Gasteiger charge is -2.13. The molecule has 1 aromatic heterocycles. The minimum absolute atomic E-state index is 0.0615. The number of nitrogens with zero attached hydrogens (tertiary/aromatic N) is 1. The number of ether oxygens (including phenoxy) is 1. The number of aromatic nitrogens is 1. The molecule has 2 aromatic carbocycles. The first-order valence-corrected chi connectivity index (χ1v) is 11.5. The van der Waals surface area contributed by atoms with Crippen LogP contribution in [0, 0.1) is 0 Å². The van der Waals surface area contributed by atoms with Crippen LogP contribution in [0.1, 0.15) is 33.3 Å². The number of amides is 2. The third kappa shape index (κ3) is 4.20. The molecule has 0 spiro atoms. The second-order valence-corrected chi connectivity index (χ2v) is 8.72. The van der Waals surface area contributed by atoms with Crippen LogP contribution in [0.25, 0.3) is 0 Å². The summed E-state index contributed by atoms with van der Waals surface area (Å²) in [5.74, 6) is 0.0861. The number of para-hydroxylation sites is 1. The summed E-state index contributed by atoms with van der Waals surface area (Å²) in [6.07, 6.45) is 3.50. The molecule has 0 saturated heterocycles. The van der Waals surface area contributed by atoms with Gasteiger partial charge in [0.15, 0.2) is 5.13 Å². The van der Waals surface area contributed by atoms with Crippen molar-refractivity contribution in [2.24, 2.45) is 0 Å². The Hall–Kier alpha value is -2.84. The van der Waals surface area contributed by atoms with Gasteiger partial charge in [0.25, 0.3) is 5.91 Å². The first-order chi connectivity index (χ1) is 14.6. The molecule has 0 saturated carbocycles. The van der Waals surface area contributed by atoms with E-state index in [0.717, 1.165) is 34.0 Å². The molecule has 154 valence electrons. The van der Waals surface area contributed by atoms with Gasteiger partial charge in [-0.05, 0) is 55.5 Å². The van der Waals surface area contributed by atoms with Gasteiger partial charge in [-0.3, -0.25) is 14.9 Å². The maximum absolute atomic E-state index is 12.9. The first kappa shape index (κ1) is 20.4. The zero-order valence-electron chi connectivity index (χ0n) is 16.6. The molecule has 2 N–H and O–H groups in total. The summed E-state index contributed by atoms with van der Waals surface area (Å²) in [5.41, 5.74) is 2.10. The molecule has 0 bridgehead atoms. The van der Waals surface area contributed by atoms with E-state index < -0.39 is 0 Å². The van der Waals surface area contributed by atoms with Gasteiger partial charge in [0.1, 0.15) is 5.75 Å². The Balaban J connectivity index is 1.46. The van der Waals surface area contributed by atoms with E-state index in [-0.39, 0.29) is 17.7 Å². The fourth-order valence-electron chi connectivity index (χ4n) is 3.42. The van der Waals surface area contributed by atoms with E-state index in [1.807, 2.05) is 30.5 Å². The zero-order chi connectivity index (χ0) is 21.1. The van der Waals surface area contributed by atoms with Crippen molar-refractivity contribution in [2.45, 2.75) is 23.7 Å². The second-order valence-electron chi connectivity index (χ2n) is 6.79. The second kappa shape index (κ2) is 8.89. The third-order valence-electron chi connectivity index (χ3n) is 4.97. The quantitative estimate of drug-likeness (QED) is 0.540. The van der Waals surface area contributed by atoms with Crippen molar-refractivity contribution >= 4 is 45.7 Å². The van der Waals surface area contributed by atoms with Gasteiger partial charge >= 0.3 is 0 Å². The first-order valence-electron chi connectivity index (χ1n) is 9.48. The summed E-state index contributed by atoms with van der Waals surface area (Å²) in [7, 11) is 1.58. The van der Waals surface area contributed by atoms with Crippen LogP contribution in [-0.4, -0.2) is 30.2 Å². The number of carbonyl (C=O) groups is 2. The van der Waals surface area contributed by atoms with E-state index in [4.69, 9.17) is 4.74 Å². The van der Waals surface area contributed by atoms with Gasteiger partial charge in [0, 0.05) is 15.3 Å². The highest BCUT2D eigenvalue weighted by Gasteiger charge is 2.33. The lowest BCUT2D eigenvalue weighted by atomic mass is 10.1. The average molecular weight is 440 g/mol. The maximum Gasteiger partial charge on any atom is 0.257 e. The number of aryl methyl sites for hydroxylation is 1. The van der Waals surface area contributed by atoms with Crippen molar-refractivity contribution in [1.82, 2.24) is 4.98 Å². The van der Waals surface area contributed by atoms with E-state index in [9.17, 15) is 9.59 Å². The Morgan fingerprint density at radius 1 is 1.13 bits per heavy atom. The fraction of sp³-hybridized carbons (Fsp3) is 0.227. The molecular formula is C22H21N3O3S2. The molecule has 1 heterocycles. The number of fused-ring (bicyclic) bond motifs is 1. The van der Waals surface area contributed by atoms with Gasteiger partial charge < -0.3 is 10.1 Å². The highest BCUT2D eigenvalue weighted by molar-refractivity contribution is 7.98. The van der Waals surface area contributed by atoms with Crippen LogP contribution in [0.3, 0.4) is 0 Å². The number of thiazole rings is 1. The smallest absolute Gasteiger partial charge is 0.257 e. The summed E-state index contributed by atoms with van der Waals surface area (Å²) in [6, 6.07) is 14.6. The number of methoxy groups -OCH3 is 1. The molecule has 8 heteroatoms. The van der Waals surface area contributed by atoms with Crippen LogP contribution in [0.15, 0.2) is 53.4 Å². The number of hydrogen-bond acceptors (Lipinski definition) is 6. The van der Waals surface area contributed by atoms with Gasteiger partial charge in [0.2, 0.25) is 5.91 Å². The molecule has 0 radical (unpaired) electrons. The van der Waals surface area contributed by atoms with E-state index in [2.05, 4.69) is 15.6 Å². The largest absolute Gasteiger partial charge is 0.497 e. The van der Waals surface area contributed by atoms with Crippen LogP contribution in [-0.2, 0) is 11.2 Å². The highest BCUT2D eigenvalue weighted by Crippen LogP contribution is 2.39. The van der Waals surface area contributed by atoms with Gasteiger partial charge in [-0.2, -0.15) is 0 Å². The van der Waals surface area contributed by atoms with Crippen molar-refractivity contribution in [3.63, 3.8) is 0 Å². The van der Waals surface area contributed by atoms with Crippen molar-refractivity contribution in [3.8, 4) is 5.75 Å². The van der Waals surface area contributed by atoms with Crippen molar-refractivity contribution in [1.29, 1.82) is 0 Å². The Kier molecular flexibility index (Phi) is 6.06. The summed E-state index contributed by atoms with van der Waals surface area (Å²) < 4.78 is 5.12. The molecule has 4 rings (SSSR count). The number of anilines is 2. The monoisotopic (exact) mass is 439 g/mol. The molecule has 2 amide bonds. The van der Waals surface area contributed by atoms with Crippen molar-refractivity contribution < 1.29 is 14.3 Å². The molecule has 3 aromatic rings. The summed E-state index contributed by atoms with van der Waals surface area (Å²) in [5, 5.41) is 6.40. The topological polar surface area (TPSA) is 80.3 Å². The normalized spacial score (nSPS) is 14.8. The number of rotatable bonds is 6. The molecule has 1 unspecified atom stereocenters. The lowest BCUT2D eigenvalue weighted by Crippen LogP contribution is -2.20. The Morgan fingerprint density at radius 3 is 2.63 bits per heavy atom. The SMILES string of the molecule is COc1ccc(C(=O)Nc2nc3c(s2)CCC3C(=O)Nc2ccccc2SC)cc1. The maximum atomic E-state index is 12.9. The molecular weight excluding hydrogens is 418 g/mol. The average Bonchev–Trinajstić information content (AvgIpc) is 3.34. The third-order valence-corrected chi connectivity index (χ3v) is 6.81. The van der Waals surface area contributed by atoms with Crippen LogP contribution in [0.5, 0.6) is 5.75 Å². The van der Waals surface area contributed by atoms with Gasteiger partial charge in [0.05, 0.1) is 24.4 Å². The molecule has 6 nitrogen and oxygen atoms in total. The molecule has 1 atom stereocenters. The van der Waals surface area contributed by atoms with Gasteiger partial charge in [-0.1, -0.05) is 12.1 Å². The molecule has 0 fully saturated rings. The number of benzene rings is 2. The van der Waals surface area contributed by atoms with Crippen LogP contribution < -0.4 is 15.4 Å². The van der Waals surface area contributed by atoms with E-state index in [0.29, 0.717) is 16.4 Å². The summed E-state index contributed by atoms with van der Waals surface area (Å²) in [6.45, 7) is 0. The lowest BCUT2D eigenvalue weighted by molar-refractivity contribution is -0.117. The van der Waals surface area contributed by atoms with Crippen LogP contribution in [0.4, 0.5) is 10.8 Å². The van der Waals surface area contributed by atoms with Gasteiger partial charge in [-0.25, -0.2) is 4.98 Å². The predicted molar refractivity (Wildman–Crippen MR) is 121 cm³/mol. The van der Waals surface area contributed by atoms with Crippen molar-refractivity contribution in [2.75, 3.05) is 24.0 Å². The minimum atomic E-state index is -0.308. The zero-order valence-corrected chi connectivity index (χ0v) is 18.2. The summed E-state index contributed by atoms with van der Waals surface area (Å²) >= 11 is 3.03. The molecule has 30 heavy (non-hydrogen) atoms. The molecule has 1 aliphatic rings. The van der Waals surface area contributed by atoms with Crippen LogP contribution >= 0.6 is 23.1 Å². The molecule has 1 aliphatic carbocycles. The highest BCUT2D eigenvalue weighted by atomic mass is 32.2. The van der Waals surface area contributed by atoms with Gasteiger partial charge in [-0.15, -0.1) is 23.1 Å². The number of hydrogen-bond donors (Lipinski definition) is 2. The summed E-state index contributed by atoms with van der Waals surface area (Å²) in [4.78, 5) is 32.1. The molecule has 0 aliphatic heterocycles. The number of nitrogens with one attached hydrogen (secondary N) is 2. The Labute approximate surface area is 183 Å². The number of carbonyl (C=O) groups excluding carboxylic acids is 2. The van der Waals surface area contributed by atoms with Crippen molar-refractivity contribution in [3.05, 3.63) is 64.7 Å². The van der Waals surface area contributed by atoms with E-state index in [1.165, 1.54) is 11.3 Å². The number of thioether (sulfide) groups is 1. The predicted octanol–water partition coefficient (Wildman–Crippen LogP) is 4.79. The fourth-order valence-corrected chi connectivity index (χ4v) is 5.00. The minimum Gasteiger partial charge on any atom is -0.497 e. The van der Waals surface area contributed by atoms with Crippen LogP contribution in [0.2, 0.25) is 0 Å². The standard InChI is InChI=1S/C22H21N3O3S2/c1-28-14-9-7-13(8-10-14)20(26)25-22-24-19-15(11-12-18(19)30-22)21(27)23-16-5-3-4-6-17(16)29-2/h3-10,15H,11-12H2,1-2H3,(H,23,27)(H,24,25,26). The Morgan fingerprint density at radius 2 is 1.90 bits per heavy atom. The van der Waals surface area contributed by atoms with E-state index >= 15 is 0 Å². The Bertz CT molecular complexity index is 1080.